The van der Waals surface area contributed by atoms with Gasteiger partial charge in [0.05, 0.1) is 12.0 Å². The summed E-state index contributed by atoms with van der Waals surface area (Å²) in [5.41, 5.74) is 8.23. The second-order valence-electron chi connectivity index (χ2n) is 7.28. The molecule has 5 nitrogen and oxygen atoms in total. The Morgan fingerprint density at radius 1 is 0.963 bits per heavy atom. The van der Waals surface area contributed by atoms with Crippen LogP contribution in [0.3, 0.4) is 0 Å². The molecule has 1 aliphatic heterocycles. The van der Waals surface area contributed by atoms with Gasteiger partial charge in [-0.1, -0.05) is 67.6 Å². The van der Waals surface area contributed by atoms with Crippen molar-refractivity contribution >= 4 is 5.91 Å². The monoisotopic (exact) mass is 367 g/mol. The zero-order chi connectivity index (χ0) is 19.2. The second-order valence-corrected chi connectivity index (χ2v) is 7.28. The molecule has 0 radical (unpaired) electrons. The van der Waals surface area contributed by atoms with Gasteiger partial charge in [0.2, 0.25) is 5.91 Å². The lowest BCUT2D eigenvalue weighted by molar-refractivity contribution is -0.137. The molecule has 1 saturated heterocycles. The van der Waals surface area contributed by atoms with Crippen LogP contribution in [0.5, 0.6) is 0 Å². The maximum absolute atomic E-state index is 12.8. The molecule has 5 heteroatoms. The van der Waals surface area contributed by atoms with E-state index >= 15 is 0 Å². The van der Waals surface area contributed by atoms with Crippen molar-refractivity contribution in [2.24, 2.45) is 11.7 Å². The van der Waals surface area contributed by atoms with Crippen LogP contribution in [0.25, 0.3) is 0 Å². The highest BCUT2D eigenvalue weighted by molar-refractivity contribution is 5.79. The Morgan fingerprint density at radius 3 is 2.04 bits per heavy atom. The maximum Gasteiger partial charge on any atom is 0.227 e. The molecule has 3 unspecified atom stereocenters. The minimum atomic E-state index is -0.501. The summed E-state index contributed by atoms with van der Waals surface area (Å²) in [4.78, 5) is 17.0. The molecule has 0 aromatic heterocycles. The number of rotatable bonds is 6. The quantitative estimate of drug-likeness (QED) is 0.821. The minimum absolute atomic E-state index is 0.106. The molecular weight excluding hydrogens is 338 g/mol. The van der Waals surface area contributed by atoms with Crippen molar-refractivity contribution in [2.75, 3.05) is 32.7 Å². The Balaban J connectivity index is 1.50. The van der Waals surface area contributed by atoms with E-state index in [1.807, 2.05) is 72.5 Å². The van der Waals surface area contributed by atoms with E-state index in [0.717, 1.165) is 24.2 Å². The molecule has 3 atom stereocenters. The first-order valence-electron chi connectivity index (χ1n) is 9.61. The molecule has 27 heavy (non-hydrogen) atoms. The van der Waals surface area contributed by atoms with Crippen molar-refractivity contribution in [1.82, 2.24) is 9.80 Å². The Hall–Kier alpha value is -2.21. The molecule has 0 saturated carbocycles. The molecule has 144 valence electrons. The third-order valence-electron chi connectivity index (χ3n) is 5.41. The number of nitrogens with zero attached hydrogens (tertiary/aromatic N) is 2. The van der Waals surface area contributed by atoms with Crippen LogP contribution < -0.4 is 5.73 Å². The zero-order valence-electron chi connectivity index (χ0n) is 15.9. The number of benzene rings is 2. The van der Waals surface area contributed by atoms with Crippen LogP contribution in [0.2, 0.25) is 0 Å². The SMILES string of the molecule is CC(C(=O)N1CCN(CC(O)c2ccccc2)CC1)C(N)c1ccccc1. The van der Waals surface area contributed by atoms with Gasteiger partial charge in [0, 0.05) is 38.8 Å². The molecule has 1 heterocycles. The maximum atomic E-state index is 12.8. The van der Waals surface area contributed by atoms with Gasteiger partial charge in [0.25, 0.3) is 0 Å². The zero-order valence-corrected chi connectivity index (χ0v) is 15.9. The predicted molar refractivity (Wildman–Crippen MR) is 107 cm³/mol. The summed E-state index contributed by atoms with van der Waals surface area (Å²) in [6, 6.07) is 19.2. The third-order valence-corrected chi connectivity index (χ3v) is 5.41. The summed E-state index contributed by atoms with van der Waals surface area (Å²) >= 11 is 0. The number of carbonyl (C=O) groups excluding carboxylic acids is 1. The molecule has 1 amide bonds. The van der Waals surface area contributed by atoms with E-state index in [-0.39, 0.29) is 17.9 Å². The van der Waals surface area contributed by atoms with Crippen molar-refractivity contribution in [3.8, 4) is 0 Å². The molecule has 0 spiro atoms. The molecule has 1 fully saturated rings. The molecular formula is C22H29N3O2. The van der Waals surface area contributed by atoms with E-state index in [1.54, 1.807) is 0 Å². The molecule has 3 N–H and O–H groups in total. The standard InChI is InChI=1S/C22H29N3O2/c1-17(21(23)19-10-6-3-7-11-19)22(27)25-14-12-24(13-15-25)16-20(26)18-8-4-2-5-9-18/h2-11,17,20-21,26H,12-16,23H2,1H3. The lowest BCUT2D eigenvalue weighted by atomic mass is 9.94. The van der Waals surface area contributed by atoms with Crippen LogP contribution in [-0.4, -0.2) is 53.5 Å². The highest BCUT2D eigenvalue weighted by atomic mass is 16.3. The van der Waals surface area contributed by atoms with E-state index in [0.29, 0.717) is 19.6 Å². The van der Waals surface area contributed by atoms with Gasteiger partial charge in [-0.05, 0) is 11.1 Å². The first-order chi connectivity index (χ1) is 13.1. The smallest absolute Gasteiger partial charge is 0.227 e. The van der Waals surface area contributed by atoms with Gasteiger partial charge in [0.15, 0.2) is 0 Å². The molecule has 2 aromatic rings. The average Bonchev–Trinajstić information content (AvgIpc) is 2.74. The van der Waals surface area contributed by atoms with Crippen LogP contribution in [0.1, 0.15) is 30.2 Å². The Morgan fingerprint density at radius 2 is 1.48 bits per heavy atom. The Bertz CT molecular complexity index is 715. The summed E-state index contributed by atoms with van der Waals surface area (Å²) in [6.07, 6.45) is -0.501. The van der Waals surface area contributed by atoms with E-state index in [1.165, 1.54) is 0 Å². The fraction of sp³-hybridized carbons (Fsp3) is 0.409. The number of piperazine rings is 1. The van der Waals surface area contributed by atoms with Crippen molar-refractivity contribution in [3.05, 3.63) is 71.8 Å². The second kappa shape index (κ2) is 9.13. The van der Waals surface area contributed by atoms with E-state index in [9.17, 15) is 9.90 Å². The van der Waals surface area contributed by atoms with Crippen molar-refractivity contribution < 1.29 is 9.90 Å². The Labute approximate surface area is 161 Å². The summed E-state index contributed by atoms with van der Waals surface area (Å²) < 4.78 is 0. The van der Waals surface area contributed by atoms with Crippen LogP contribution in [0.15, 0.2) is 60.7 Å². The summed E-state index contributed by atoms with van der Waals surface area (Å²) in [6.45, 7) is 5.38. The van der Waals surface area contributed by atoms with Gasteiger partial charge < -0.3 is 15.7 Å². The lowest BCUT2D eigenvalue weighted by Gasteiger charge is -2.37. The highest BCUT2D eigenvalue weighted by Gasteiger charge is 2.29. The van der Waals surface area contributed by atoms with Gasteiger partial charge >= 0.3 is 0 Å². The summed E-state index contributed by atoms with van der Waals surface area (Å²) in [7, 11) is 0. The third kappa shape index (κ3) is 4.95. The van der Waals surface area contributed by atoms with Gasteiger partial charge in [-0.25, -0.2) is 0 Å². The normalized spacial score (nSPS) is 18.7. The molecule has 0 bridgehead atoms. The van der Waals surface area contributed by atoms with Crippen LogP contribution >= 0.6 is 0 Å². The summed E-state index contributed by atoms with van der Waals surface area (Å²) in [5.74, 6) is -0.150. The number of aliphatic hydroxyl groups is 1. The number of carbonyl (C=O) groups is 1. The van der Waals surface area contributed by atoms with Gasteiger partial charge in [0.1, 0.15) is 0 Å². The molecule has 1 aliphatic rings. The lowest BCUT2D eigenvalue weighted by Crippen LogP contribution is -2.51. The van der Waals surface area contributed by atoms with Crippen LogP contribution in [0.4, 0.5) is 0 Å². The van der Waals surface area contributed by atoms with Gasteiger partial charge in [-0.2, -0.15) is 0 Å². The molecule has 2 aromatic carbocycles. The van der Waals surface area contributed by atoms with Crippen molar-refractivity contribution in [2.45, 2.75) is 19.1 Å². The highest BCUT2D eigenvalue weighted by Crippen LogP contribution is 2.22. The van der Waals surface area contributed by atoms with Gasteiger partial charge in [-0.15, -0.1) is 0 Å². The van der Waals surface area contributed by atoms with Crippen LogP contribution in [-0.2, 0) is 4.79 Å². The largest absolute Gasteiger partial charge is 0.387 e. The molecule has 0 aliphatic carbocycles. The number of hydrogen-bond acceptors (Lipinski definition) is 4. The number of aliphatic hydroxyl groups excluding tert-OH is 1. The molecule has 3 rings (SSSR count). The number of hydrogen-bond donors (Lipinski definition) is 2. The van der Waals surface area contributed by atoms with Gasteiger partial charge in [-0.3, -0.25) is 9.69 Å². The fourth-order valence-corrected chi connectivity index (χ4v) is 3.58. The van der Waals surface area contributed by atoms with Crippen LogP contribution in [0, 0.1) is 5.92 Å². The Kier molecular flexibility index (Phi) is 6.61. The van der Waals surface area contributed by atoms with Crippen molar-refractivity contribution in [1.29, 1.82) is 0 Å². The topological polar surface area (TPSA) is 69.8 Å². The predicted octanol–water partition coefficient (Wildman–Crippen LogP) is 2.20. The van der Waals surface area contributed by atoms with Crippen molar-refractivity contribution in [3.63, 3.8) is 0 Å². The number of β-amino-alcohol motifs (C(OH)–C–C–N with tert-alkyl or cyclic N) is 1. The summed E-state index contributed by atoms with van der Waals surface area (Å²) in [5, 5.41) is 10.4. The van der Waals surface area contributed by atoms with E-state index < -0.39 is 6.10 Å². The average molecular weight is 367 g/mol. The first kappa shape index (κ1) is 19.5. The first-order valence-corrected chi connectivity index (χ1v) is 9.61. The fourth-order valence-electron chi connectivity index (χ4n) is 3.58. The number of nitrogens with two attached hydrogens (primary N) is 1. The van der Waals surface area contributed by atoms with E-state index in [2.05, 4.69) is 4.90 Å². The van der Waals surface area contributed by atoms with E-state index in [4.69, 9.17) is 5.73 Å². The number of amides is 1. The minimum Gasteiger partial charge on any atom is -0.387 e.